The van der Waals surface area contributed by atoms with Gasteiger partial charge in [0, 0.05) is 0 Å². The molecule has 0 saturated carbocycles. The third-order valence-electron chi connectivity index (χ3n) is 3.16. The van der Waals surface area contributed by atoms with E-state index < -0.39 is 0 Å². The van der Waals surface area contributed by atoms with Crippen LogP contribution < -0.4 is 0 Å². The van der Waals surface area contributed by atoms with Gasteiger partial charge in [0.15, 0.2) is 0 Å². The van der Waals surface area contributed by atoms with Crippen molar-refractivity contribution in [1.29, 1.82) is 0 Å². The molecule has 0 aliphatic heterocycles. The van der Waals surface area contributed by atoms with E-state index in [1.807, 2.05) is 0 Å². The SMILES string of the molecule is CC(=C(c1ccccc1)c1ccccc1)P(C)C. The van der Waals surface area contributed by atoms with Crippen LogP contribution in [0, 0.1) is 0 Å². The molecule has 0 nitrogen and oxygen atoms in total. The average Bonchev–Trinajstić information content (AvgIpc) is 2.41. The second-order valence-corrected chi connectivity index (χ2v) is 7.05. The minimum Gasteiger partial charge on any atom is -0.0857 e. The third-order valence-corrected chi connectivity index (χ3v) is 4.72. The smallest absolute Gasteiger partial charge is 0.00777 e. The predicted molar refractivity (Wildman–Crippen MR) is 83.3 cm³/mol. The molecule has 1 heteroatoms. The highest BCUT2D eigenvalue weighted by atomic mass is 31.1. The van der Waals surface area contributed by atoms with E-state index >= 15 is 0 Å². The predicted octanol–water partition coefficient (Wildman–Crippen LogP) is 5.21. The molecule has 18 heavy (non-hydrogen) atoms. The van der Waals surface area contributed by atoms with E-state index in [2.05, 4.69) is 80.9 Å². The quantitative estimate of drug-likeness (QED) is 0.660. The molecular weight excluding hydrogens is 235 g/mol. The fourth-order valence-electron chi connectivity index (χ4n) is 2.02. The third kappa shape index (κ3) is 2.89. The Morgan fingerprint density at radius 3 is 1.44 bits per heavy atom. The molecule has 0 N–H and O–H groups in total. The maximum atomic E-state index is 2.32. The standard InChI is InChI=1S/C17H19P/c1-14(18(2)3)17(15-10-6-4-7-11-15)16-12-8-5-9-13-16/h4-13H,1-3H3. The van der Waals surface area contributed by atoms with Crippen LogP contribution in [-0.2, 0) is 0 Å². The molecule has 0 aliphatic carbocycles. The molecule has 2 aromatic rings. The van der Waals surface area contributed by atoms with Crippen molar-refractivity contribution >= 4 is 13.5 Å². The minimum absolute atomic E-state index is 0.0687. The van der Waals surface area contributed by atoms with Crippen LogP contribution in [0.2, 0.25) is 0 Å². The Bertz CT molecular complexity index is 483. The van der Waals surface area contributed by atoms with Crippen LogP contribution in [0.1, 0.15) is 18.1 Å². The zero-order chi connectivity index (χ0) is 13.0. The Morgan fingerprint density at radius 1 is 0.722 bits per heavy atom. The van der Waals surface area contributed by atoms with Crippen molar-refractivity contribution in [2.75, 3.05) is 13.3 Å². The van der Waals surface area contributed by atoms with Crippen molar-refractivity contribution in [1.82, 2.24) is 0 Å². The largest absolute Gasteiger partial charge is 0.0857 e. The summed E-state index contributed by atoms with van der Waals surface area (Å²) in [6.07, 6.45) is 0. The first-order valence-corrected chi connectivity index (χ1v) is 8.43. The Kier molecular flexibility index (Phi) is 4.33. The van der Waals surface area contributed by atoms with Gasteiger partial charge in [-0.05, 0) is 42.3 Å². The molecule has 0 bridgehead atoms. The van der Waals surface area contributed by atoms with Gasteiger partial charge in [-0.3, -0.25) is 0 Å². The van der Waals surface area contributed by atoms with Gasteiger partial charge in [-0.15, -0.1) is 0 Å². The Morgan fingerprint density at radius 2 is 1.11 bits per heavy atom. The molecule has 0 saturated heterocycles. The van der Waals surface area contributed by atoms with E-state index in [0.29, 0.717) is 0 Å². The summed E-state index contributed by atoms with van der Waals surface area (Å²) < 4.78 is 0. The lowest BCUT2D eigenvalue weighted by Crippen LogP contribution is -1.91. The van der Waals surface area contributed by atoms with Crippen LogP contribution in [0.5, 0.6) is 0 Å². The van der Waals surface area contributed by atoms with Gasteiger partial charge in [0.1, 0.15) is 0 Å². The Hall–Kier alpha value is -1.39. The van der Waals surface area contributed by atoms with Gasteiger partial charge in [-0.25, -0.2) is 0 Å². The average molecular weight is 254 g/mol. The number of hydrogen-bond donors (Lipinski definition) is 0. The number of benzene rings is 2. The molecule has 0 aliphatic rings. The van der Waals surface area contributed by atoms with Gasteiger partial charge in [-0.1, -0.05) is 68.6 Å². The Labute approximate surface area is 111 Å². The van der Waals surface area contributed by atoms with E-state index in [1.165, 1.54) is 22.0 Å². The van der Waals surface area contributed by atoms with Crippen molar-refractivity contribution < 1.29 is 0 Å². The fourth-order valence-corrected chi connectivity index (χ4v) is 2.72. The Balaban J connectivity index is 2.60. The number of rotatable bonds is 3. The molecule has 0 aromatic heterocycles. The first kappa shape index (κ1) is 13.1. The van der Waals surface area contributed by atoms with Gasteiger partial charge < -0.3 is 0 Å². The van der Waals surface area contributed by atoms with E-state index in [0.717, 1.165) is 0 Å². The molecule has 0 atom stereocenters. The molecule has 92 valence electrons. The summed E-state index contributed by atoms with van der Waals surface area (Å²) in [5, 5.41) is 1.50. The lowest BCUT2D eigenvalue weighted by molar-refractivity contribution is 1.51. The molecular formula is C17H19P. The molecule has 0 radical (unpaired) electrons. The zero-order valence-electron chi connectivity index (χ0n) is 11.2. The summed E-state index contributed by atoms with van der Waals surface area (Å²) in [5.41, 5.74) is 4.03. The second-order valence-electron chi connectivity index (χ2n) is 4.59. The minimum atomic E-state index is -0.0687. The van der Waals surface area contributed by atoms with Crippen LogP contribution >= 0.6 is 7.92 Å². The van der Waals surface area contributed by atoms with Gasteiger partial charge >= 0.3 is 0 Å². The molecule has 0 unspecified atom stereocenters. The maximum absolute atomic E-state index is 2.32. The van der Waals surface area contributed by atoms with Crippen LogP contribution in [0.4, 0.5) is 0 Å². The molecule has 0 amide bonds. The summed E-state index contributed by atoms with van der Waals surface area (Å²) in [6, 6.07) is 21.4. The second kappa shape index (κ2) is 5.98. The van der Waals surface area contributed by atoms with Crippen LogP contribution in [-0.4, -0.2) is 13.3 Å². The van der Waals surface area contributed by atoms with E-state index in [1.54, 1.807) is 0 Å². The van der Waals surface area contributed by atoms with Gasteiger partial charge in [0.2, 0.25) is 0 Å². The van der Waals surface area contributed by atoms with Crippen LogP contribution in [0.3, 0.4) is 0 Å². The van der Waals surface area contributed by atoms with Gasteiger partial charge in [0.05, 0.1) is 0 Å². The number of allylic oxidation sites excluding steroid dienone is 1. The maximum Gasteiger partial charge on any atom is -0.00777 e. The van der Waals surface area contributed by atoms with Crippen molar-refractivity contribution in [3.05, 3.63) is 77.1 Å². The zero-order valence-corrected chi connectivity index (χ0v) is 12.1. The summed E-state index contributed by atoms with van der Waals surface area (Å²) >= 11 is 0. The summed E-state index contributed by atoms with van der Waals surface area (Å²) in [6.45, 7) is 6.90. The summed E-state index contributed by atoms with van der Waals surface area (Å²) in [4.78, 5) is 0. The highest BCUT2D eigenvalue weighted by Crippen LogP contribution is 2.43. The fraction of sp³-hybridized carbons (Fsp3) is 0.176. The molecule has 0 fully saturated rings. The highest BCUT2D eigenvalue weighted by molar-refractivity contribution is 7.60. The van der Waals surface area contributed by atoms with E-state index in [-0.39, 0.29) is 7.92 Å². The summed E-state index contributed by atoms with van der Waals surface area (Å²) in [5.74, 6) is 0. The van der Waals surface area contributed by atoms with E-state index in [9.17, 15) is 0 Å². The molecule has 2 rings (SSSR count). The van der Waals surface area contributed by atoms with Crippen molar-refractivity contribution in [3.8, 4) is 0 Å². The molecule has 2 aromatic carbocycles. The lowest BCUT2D eigenvalue weighted by atomic mass is 9.98. The topological polar surface area (TPSA) is 0 Å². The molecule has 0 heterocycles. The highest BCUT2D eigenvalue weighted by Gasteiger charge is 2.10. The van der Waals surface area contributed by atoms with Crippen molar-refractivity contribution in [2.45, 2.75) is 6.92 Å². The van der Waals surface area contributed by atoms with Gasteiger partial charge in [-0.2, -0.15) is 0 Å². The van der Waals surface area contributed by atoms with E-state index in [4.69, 9.17) is 0 Å². The van der Waals surface area contributed by atoms with Crippen molar-refractivity contribution in [2.24, 2.45) is 0 Å². The lowest BCUT2D eigenvalue weighted by Gasteiger charge is -2.16. The van der Waals surface area contributed by atoms with Crippen LogP contribution in [0.25, 0.3) is 5.57 Å². The van der Waals surface area contributed by atoms with Crippen molar-refractivity contribution in [3.63, 3.8) is 0 Å². The van der Waals surface area contributed by atoms with Gasteiger partial charge in [0.25, 0.3) is 0 Å². The molecule has 0 spiro atoms. The normalized spacial score (nSPS) is 10.4. The van der Waals surface area contributed by atoms with Crippen LogP contribution in [0.15, 0.2) is 66.0 Å². The first-order chi connectivity index (χ1) is 8.70. The summed E-state index contributed by atoms with van der Waals surface area (Å²) in [7, 11) is -0.0687. The monoisotopic (exact) mass is 254 g/mol. The number of hydrogen-bond acceptors (Lipinski definition) is 0. The first-order valence-electron chi connectivity index (χ1n) is 6.19.